The highest BCUT2D eigenvalue weighted by molar-refractivity contribution is 5.95. The van der Waals surface area contributed by atoms with E-state index in [0.717, 1.165) is 44.1 Å². The van der Waals surface area contributed by atoms with Gasteiger partial charge in [-0.05, 0) is 81.8 Å². The van der Waals surface area contributed by atoms with Gasteiger partial charge in [0.25, 0.3) is 5.91 Å². The van der Waals surface area contributed by atoms with Crippen LogP contribution in [0.15, 0.2) is 42.5 Å². The van der Waals surface area contributed by atoms with Crippen LogP contribution in [0.1, 0.15) is 68.3 Å². The maximum absolute atomic E-state index is 13.8. The van der Waals surface area contributed by atoms with Gasteiger partial charge in [0.15, 0.2) is 11.5 Å². The van der Waals surface area contributed by atoms with Crippen molar-refractivity contribution in [2.75, 3.05) is 40.5 Å². The summed E-state index contributed by atoms with van der Waals surface area (Å²) in [4.78, 5) is 30.8. The molecule has 230 valence electrons. The lowest BCUT2D eigenvalue weighted by Gasteiger charge is -2.40. The molecule has 0 radical (unpaired) electrons. The minimum atomic E-state index is -0.291. The minimum absolute atomic E-state index is 0.0223. The Bertz CT molecular complexity index is 1160. The Morgan fingerprint density at radius 2 is 1.71 bits per heavy atom. The molecule has 1 aliphatic heterocycles. The smallest absolute Gasteiger partial charge is 0.254 e. The predicted octanol–water partition coefficient (Wildman–Crippen LogP) is 4.84. The number of nitrogens with one attached hydrogen (secondary N) is 1. The van der Waals surface area contributed by atoms with Crippen molar-refractivity contribution in [3.8, 4) is 11.5 Å². The van der Waals surface area contributed by atoms with Crippen molar-refractivity contribution in [1.29, 1.82) is 0 Å². The van der Waals surface area contributed by atoms with Crippen LogP contribution in [0.3, 0.4) is 0 Å². The van der Waals surface area contributed by atoms with Gasteiger partial charge in [-0.2, -0.15) is 0 Å². The Labute approximate surface area is 249 Å². The SMILES string of the molecule is COCCCOc1cc(C(=O)N(C(C)C)C2CC[C@H](CCN(C(=O)Cc3ccc(F)cc3)C3CC3)NC2)ccc1OC. The molecule has 8 nitrogen and oxygen atoms in total. The van der Waals surface area contributed by atoms with Crippen molar-refractivity contribution in [2.24, 2.45) is 0 Å². The largest absolute Gasteiger partial charge is 0.493 e. The van der Waals surface area contributed by atoms with Gasteiger partial charge in [-0.25, -0.2) is 4.39 Å². The maximum atomic E-state index is 13.8. The number of hydrogen-bond donors (Lipinski definition) is 1. The summed E-state index contributed by atoms with van der Waals surface area (Å²) in [5.74, 6) is 0.945. The van der Waals surface area contributed by atoms with Crippen molar-refractivity contribution < 1.29 is 28.2 Å². The Kier molecular flexibility index (Phi) is 11.6. The van der Waals surface area contributed by atoms with E-state index in [1.54, 1.807) is 44.6 Å². The number of piperidine rings is 1. The zero-order chi connectivity index (χ0) is 30.1. The lowest BCUT2D eigenvalue weighted by Crippen LogP contribution is -2.54. The van der Waals surface area contributed by atoms with E-state index in [9.17, 15) is 14.0 Å². The molecule has 0 aromatic heterocycles. The van der Waals surface area contributed by atoms with E-state index in [0.29, 0.717) is 61.9 Å². The van der Waals surface area contributed by atoms with Crippen molar-refractivity contribution in [2.45, 2.75) is 83.0 Å². The van der Waals surface area contributed by atoms with Gasteiger partial charge in [-0.3, -0.25) is 9.59 Å². The summed E-state index contributed by atoms with van der Waals surface area (Å²) in [6.07, 6.45) is 5.83. The standard InChI is InChI=1S/C33H46FN3O5/c1-23(2)37(33(39)25-8-15-30(41-4)31(21-25)42-19-5-18-40-3)29-12-11-27(35-22-29)16-17-36(28-13-14-28)32(38)20-24-6-9-26(34)10-7-24/h6-10,15,21,23,27-29,35H,5,11-14,16-20,22H2,1-4H3/t27-,29?/m1/s1. The van der Waals surface area contributed by atoms with Crippen molar-refractivity contribution in [3.05, 3.63) is 59.4 Å². The first kappa shape index (κ1) is 31.8. The number of halogens is 1. The molecule has 2 aromatic carbocycles. The quantitative estimate of drug-likeness (QED) is 0.302. The molecule has 1 unspecified atom stereocenters. The summed E-state index contributed by atoms with van der Waals surface area (Å²) in [5, 5.41) is 3.66. The molecule has 1 N–H and O–H groups in total. The molecule has 1 heterocycles. The number of carbonyl (C=O) groups is 2. The normalized spacial score (nSPS) is 18.5. The second kappa shape index (κ2) is 15.3. The number of methoxy groups -OCH3 is 2. The van der Waals surface area contributed by atoms with Gasteiger partial charge in [0.2, 0.25) is 5.91 Å². The maximum Gasteiger partial charge on any atom is 0.254 e. The number of hydrogen-bond acceptors (Lipinski definition) is 6. The van der Waals surface area contributed by atoms with Crippen LogP contribution in [0.2, 0.25) is 0 Å². The summed E-state index contributed by atoms with van der Waals surface area (Å²) < 4.78 is 29.7. The average Bonchev–Trinajstić information content (AvgIpc) is 3.82. The van der Waals surface area contributed by atoms with E-state index in [1.165, 1.54) is 12.1 Å². The minimum Gasteiger partial charge on any atom is -0.493 e. The second-order valence-electron chi connectivity index (χ2n) is 11.6. The van der Waals surface area contributed by atoms with Crippen LogP contribution in [0.25, 0.3) is 0 Å². The Hall–Kier alpha value is -3.17. The summed E-state index contributed by atoms with van der Waals surface area (Å²) in [5.41, 5.74) is 1.42. The van der Waals surface area contributed by atoms with Gasteiger partial charge >= 0.3 is 0 Å². The lowest BCUT2D eigenvalue weighted by atomic mass is 9.95. The van der Waals surface area contributed by atoms with Crippen molar-refractivity contribution in [3.63, 3.8) is 0 Å². The van der Waals surface area contributed by atoms with E-state index in [4.69, 9.17) is 14.2 Å². The van der Waals surface area contributed by atoms with E-state index < -0.39 is 0 Å². The molecule has 1 saturated carbocycles. The molecule has 4 rings (SSSR count). The molecule has 2 fully saturated rings. The van der Waals surface area contributed by atoms with E-state index in [1.807, 2.05) is 9.80 Å². The molecule has 42 heavy (non-hydrogen) atoms. The molecule has 2 atom stereocenters. The van der Waals surface area contributed by atoms with Gasteiger partial charge in [-0.15, -0.1) is 0 Å². The fourth-order valence-corrected chi connectivity index (χ4v) is 5.73. The first-order valence-corrected chi connectivity index (χ1v) is 15.2. The van der Waals surface area contributed by atoms with Crippen molar-refractivity contribution >= 4 is 11.8 Å². The third-order valence-corrected chi connectivity index (χ3v) is 8.13. The zero-order valence-corrected chi connectivity index (χ0v) is 25.4. The molecule has 2 aliphatic rings. The fourth-order valence-electron chi connectivity index (χ4n) is 5.73. The van der Waals surface area contributed by atoms with Crippen molar-refractivity contribution in [1.82, 2.24) is 15.1 Å². The summed E-state index contributed by atoms with van der Waals surface area (Å²) in [6, 6.07) is 12.3. The molecule has 2 aromatic rings. The highest BCUT2D eigenvalue weighted by atomic mass is 19.1. The van der Waals surface area contributed by atoms with E-state index >= 15 is 0 Å². The van der Waals surface area contributed by atoms with Gasteiger partial charge in [-0.1, -0.05) is 12.1 Å². The molecule has 1 saturated heterocycles. The molecule has 2 amide bonds. The first-order valence-electron chi connectivity index (χ1n) is 15.2. The Morgan fingerprint density at radius 3 is 2.33 bits per heavy atom. The van der Waals surface area contributed by atoms with Crippen LogP contribution < -0.4 is 14.8 Å². The number of nitrogens with zero attached hydrogens (tertiary/aromatic N) is 2. The average molecular weight is 584 g/mol. The Balaban J connectivity index is 1.32. The van der Waals surface area contributed by atoms with Crippen LogP contribution in [0.5, 0.6) is 11.5 Å². The second-order valence-corrected chi connectivity index (χ2v) is 11.6. The summed E-state index contributed by atoms with van der Waals surface area (Å²) >= 11 is 0. The number of ether oxygens (including phenoxy) is 3. The van der Waals surface area contributed by atoms with Gasteiger partial charge < -0.3 is 29.3 Å². The Morgan fingerprint density at radius 1 is 0.976 bits per heavy atom. The van der Waals surface area contributed by atoms with Gasteiger partial charge in [0, 0.05) is 63.0 Å². The van der Waals surface area contributed by atoms with Gasteiger partial charge in [0.05, 0.1) is 20.1 Å². The summed E-state index contributed by atoms with van der Waals surface area (Å²) in [6.45, 7) is 6.59. The van der Waals surface area contributed by atoms with Crippen LogP contribution in [-0.2, 0) is 16.0 Å². The summed E-state index contributed by atoms with van der Waals surface area (Å²) in [7, 11) is 3.25. The number of rotatable bonds is 15. The predicted molar refractivity (Wildman–Crippen MR) is 161 cm³/mol. The van der Waals surface area contributed by atoms with Crippen LogP contribution in [-0.4, -0.2) is 86.3 Å². The highest BCUT2D eigenvalue weighted by Crippen LogP contribution is 2.31. The molecule has 1 aliphatic carbocycles. The van der Waals surface area contributed by atoms with Crippen LogP contribution in [0.4, 0.5) is 4.39 Å². The number of benzene rings is 2. The number of carbonyl (C=O) groups excluding carboxylic acids is 2. The monoisotopic (exact) mass is 583 g/mol. The molecule has 9 heteroatoms. The van der Waals surface area contributed by atoms with E-state index in [-0.39, 0.29) is 29.7 Å². The third-order valence-electron chi connectivity index (χ3n) is 8.13. The number of amides is 2. The highest BCUT2D eigenvalue weighted by Gasteiger charge is 2.34. The topological polar surface area (TPSA) is 80.3 Å². The fraction of sp³-hybridized carbons (Fsp3) is 0.576. The molecular weight excluding hydrogens is 537 g/mol. The van der Waals surface area contributed by atoms with Gasteiger partial charge in [0.1, 0.15) is 5.82 Å². The third kappa shape index (κ3) is 8.67. The molecule has 0 bridgehead atoms. The van der Waals surface area contributed by atoms with Crippen LogP contribution >= 0.6 is 0 Å². The zero-order valence-electron chi connectivity index (χ0n) is 25.4. The molecular formula is C33H46FN3O5. The molecule has 0 spiro atoms. The van der Waals surface area contributed by atoms with E-state index in [2.05, 4.69) is 19.2 Å². The van der Waals surface area contributed by atoms with Crippen LogP contribution in [0, 0.1) is 5.82 Å². The lowest BCUT2D eigenvalue weighted by molar-refractivity contribution is -0.131. The first-order chi connectivity index (χ1) is 20.3.